The minimum Gasteiger partial charge on any atom is -0.351 e. The second-order valence-corrected chi connectivity index (χ2v) is 13.1. The van der Waals surface area contributed by atoms with Gasteiger partial charge in [0.05, 0.1) is 17.5 Å². The van der Waals surface area contributed by atoms with Crippen LogP contribution in [0.15, 0.2) is 33.7 Å². The first-order chi connectivity index (χ1) is 18.2. The van der Waals surface area contributed by atoms with Crippen LogP contribution in [0.3, 0.4) is 0 Å². The molecule has 0 bridgehead atoms. The zero-order valence-electron chi connectivity index (χ0n) is 23.3. The Balaban J connectivity index is 1.96. The fourth-order valence-electron chi connectivity index (χ4n) is 4.89. The van der Waals surface area contributed by atoms with E-state index in [9.17, 15) is 22.8 Å². The summed E-state index contributed by atoms with van der Waals surface area (Å²) in [5, 5.41) is 12.0. The molecule has 3 rings (SSSR count). The van der Waals surface area contributed by atoms with Gasteiger partial charge < -0.3 is 10.2 Å². The van der Waals surface area contributed by atoms with E-state index in [0.717, 1.165) is 32.1 Å². The minimum absolute atomic E-state index is 0.0304. The lowest BCUT2D eigenvalue weighted by atomic mass is 9.91. The zero-order chi connectivity index (χ0) is 29.0. The van der Waals surface area contributed by atoms with Gasteiger partial charge in [0.1, 0.15) is 12.2 Å². The van der Waals surface area contributed by atoms with Crippen LogP contribution in [0.4, 0.5) is 5.69 Å². The summed E-state index contributed by atoms with van der Waals surface area (Å²) in [5.41, 5.74) is 1.32. The molecule has 2 heterocycles. The molecular formula is C26H40N6O6S. The third-order valence-corrected chi connectivity index (χ3v) is 8.20. The molecule has 0 saturated heterocycles. The van der Waals surface area contributed by atoms with Crippen LogP contribution in [-0.4, -0.2) is 64.7 Å². The summed E-state index contributed by atoms with van der Waals surface area (Å²) in [6.45, 7) is 8.70. The van der Waals surface area contributed by atoms with Crippen LogP contribution >= 0.6 is 0 Å². The van der Waals surface area contributed by atoms with E-state index >= 15 is 0 Å². The highest BCUT2D eigenvalue weighted by Crippen LogP contribution is 2.26. The van der Waals surface area contributed by atoms with Crippen LogP contribution in [0.25, 0.3) is 0 Å². The summed E-state index contributed by atoms with van der Waals surface area (Å²) in [4.78, 5) is 44.1. The van der Waals surface area contributed by atoms with E-state index in [1.165, 1.54) is 15.5 Å². The van der Waals surface area contributed by atoms with Crippen LogP contribution < -0.4 is 21.1 Å². The van der Waals surface area contributed by atoms with Gasteiger partial charge in [-0.2, -0.15) is 0 Å². The Hall–Kier alpha value is -3.19. The lowest BCUT2D eigenvalue weighted by Gasteiger charge is -2.26. The molecule has 1 aliphatic heterocycles. The second-order valence-electron chi connectivity index (χ2n) is 11.3. The van der Waals surface area contributed by atoms with E-state index in [4.69, 9.17) is 5.21 Å². The van der Waals surface area contributed by atoms with Crippen LogP contribution in [0.2, 0.25) is 0 Å². The fourth-order valence-corrected chi connectivity index (χ4v) is 6.42. The highest BCUT2D eigenvalue weighted by molar-refractivity contribution is 7.92. The van der Waals surface area contributed by atoms with Gasteiger partial charge in [-0.15, -0.1) is 0 Å². The Morgan fingerprint density at radius 2 is 1.82 bits per heavy atom. The predicted octanol–water partition coefficient (Wildman–Crippen LogP) is 2.08. The van der Waals surface area contributed by atoms with Crippen LogP contribution in [0, 0.1) is 12.8 Å². The van der Waals surface area contributed by atoms with Gasteiger partial charge in [0.2, 0.25) is 21.9 Å². The number of pyridine rings is 1. The molecule has 2 amide bonds. The summed E-state index contributed by atoms with van der Waals surface area (Å²) in [5.74, 6) is -0.849. The number of anilines is 1. The molecule has 4 N–H and O–H groups in total. The van der Waals surface area contributed by atoms with Crippen molar-refractivity contribution in [1.29, 1.82) is 0 Å². The number of rotatable bonds is 8. The fraction of sp³-hybridized carbons (Fsp3) is 0.615. The maximum Gasteiger partial charge on any atom is 0.281 e. The molecule has 1 aliphatic carbocycles. The number of nitrogens with zero attached hydrogens (tertiary/aromatic N) is 3. The van der Waals surface area contributed by atoms with Gasteiger partial charge in [0.25, 0.3) is 11.5 Å². The van der Waals surface area contributed by atoms with Crippen molar-refractivity contribution in [3.63, 3.8) is 0 Å². The van der Waals surface area contributed by atoms with Gasteiger partial charge in [-0.05, 0) is 65.5 Å². The normalized spacial score (nSPS) is 19.6. The van der Waals surface area contributed by atoms with E-state index in [1.807, 2.05) is 20.8 Å². The van der Waals surface area contributed by atoms with Gasteiger partial charge in [-0.3, -0.25) is 24.3 Å². The van der Waals surface area contributed by atoms with Gasteiger partial charge >= 0.3 is 0 Å². The van der Waals surface area contributed by atoms with Crippen molar-refractivity contribution in [3.8, 4) is 0 Å². The third kappa shape index (κ3) is 8.15. The van der Waals surface area contributed by atoms with Crippen LogP contribution in [0.1, 0.15) is 71.9 Å². The third-order valence-electron chi connectivity index (χ3n) is 6.75. The zero-order valence-corrected chi connectivity index (χ0v) is 24.1. The molecule has 1 unspecified atom stereocenters. The monoisotopic (exact) mass is 564 g/mol. The van der Waals surface area contributed by atoms with Gasteiger partial charge in [-0.1, -0.05) is 25.3 Å². The van der Waals surface area contributed by atoms with Crippen molar-refractivity contribution in [2.24, 2.45) is 10.9 Å². The molecule has 13 heteroatoms. The molecule has 1 aromatic heterocycles. The second kappa shape index (κ2) is 12.3. The van der Waals surface area contributed by atoms with E-state index < -0.39 is 33.1 Å². The number of hydrogen-bond donors (Lipinski definition) is 4. The first-order valence-electron chi connectivity index (χ1n) is 13.2. The first-order valence-corrected chi connectivity index (χ1v) is 14.9. The Labute approximate surface area is 229 Å². The largest absolute Gasteiger partial charge is 0.351 e. The summed E-state index contributed by atoms with van der Waals surface area (Å²) in [6, 6.07) is 2.50. The quantitative estimate of drug-likeness (QED) is 0.277. The van der Waals surface area contributed by atoms with Crippen molar-refractivity contribution >= 4 is 33.5 Å². The number of aromatic nitrogens is 1. The minimum atomic E-state index is -3.77. The van der Waals surface area contributed by atoms with E-state index in [1.54, 1.807) is 31.5 Å². The number of hydroxylamine groups is 1. The summed E-state index contributed by atoms with van der Waals surface area (Å²) < 4.78 is 29.5. The molecule has 0 aromatic carbocycles. The molecule has 2 aliphatic rings. The summed E-state index contributed by atoms with van der Waals surface area (Å²) in [6.07, 6.45) is 6.45. The number of carbonyl (C=O) groups is 2. The highest BCUT2D eigenvalue weighted by Gasteiger charge is 2.33. The maximum atomic E-state index is 13.6. The van der Waals surface area contributed by atoms with Crippen molar-refractivity contribution in [3.05, 3.63) is 40.0 Å². The van der Waals surface area contributed by atoms with E-state index in [0.29, 0.717) is 11.4 Å². The van der Waals surface area contributed by atoms with Crippen molar-refractivity contribution in [2.45, 2.75) is 84.7 Å². The van der Waals surface area contributed by atoms with Crippen LogP contribution in [-0.2, 0) is 19.6 Å². The van der Waals surface area contributed by atoms with E-state index in [2.05, 4.69) is 15.0 Å². The SMILES string of the molecule is Cc1ccc(NS(=O)(=O)CC2CCCCC2)c(=O)n1C1=NC(=CCC(=O)NC(C)(C)C)C(C)N1CC(=O)NO. The molecule has 1 aromatic rings. The number of carbonyl (C=O) groups excluding carboxylic acids is 2. The van der Waals surface area contributed by atoms with Gasteiger partial charge in [-0.25, -0.2) is 23.5 Å². The average Bonchev–Trinajstić information content (AvgIpc) is 3.13. The lowest BCUT2D eigenvalue weighted by molar-refractivity contribution is -0.129. The molecule has 12 nitrogen and oxygen atoms in total. The Morgan fingerprint density at radius 3 is 2.44 bits per heavy atom. The average molecular weight is 565 g/mol. The van der Waals surface area contributed by atoms with Crippen molar-refractivity contribution < 1.29 is 23.2 Å². The number of sulfonamides is 1. The van der Waals surface area contributed by atoms with Crippen molar-refractivity contribution in [2.75, 3.05) is 17.0 Å². The number of aryl methyl sites for hydroxylation is 1. The number of aliphatic imine (C=N–C) groups is 1. The molecule has 216 valence electrons. The van der Waals surface area contributed by atoms with Gasteiger partial charge in [0, 0.05) is 17.7 Å². The van der Waals surface area contributed by atoms with Crippen LogP contribution in [0.5, 0.6) is 0 Å². The first kappa shape index (κ1) is 30.4. The lowest BCUT2D eigenvalue weighted by Crippen LogP contribution is -2.47. The molecule has 0 radical (unpaired) electrons. The molecule has 1 atom stereocenters. The number of hydrogen-bond acceptors (Lipinski definition) is 8. The molecule has 1 saturated carbocycles. The van der Waals surface area contributed by atoms with Gasteiger partial charge in [0.15, 0.2) is 0 Å². The van der Waals surface area contributed by atoms with E-state index in [-0.39, 0.29) is 42.2 Å². The molecule has 0 spiro atoms. The predicted molar refractivity (Wildman–Crippen MR) is 149 cm³/mol. The highest BCUT2D eigenvalue weighted by atomic mass is 32.2. The Morgan fingerprint density at radius 1 is 1.15 bits per heavy atom. The van der Waals surface area contributed by atoms with Crippen molar-refractivity contribution in [1.82, 2.24) is 20.3 Å². The summed E-state index contributed by atoms with van der Waals surface area (Å²) in [7, 11) is -3.77. The standard InChI is InChI=1S/C26H40N6O6S/c1-17-11-12-21(30-39(37,38)16-19-9-7-6-8-10-19)24(35)32(17)25-27-20(13-14-22(33)28-26(3,4)5)18(2)31(25)15-23(34)29-36/h11-13,18-19,30,36H,6-10,14-16H2,1-5H3,(H,28,33)(H,29,34). The molecule has 1 fully saturated rings. The Bertz CT molecular complexity index is 1300. The summed E-state index contributed by atoms with van der Waals surface area (Å²) >= 11 is 0. The number of amides is 2. The number of nitrogens with one attached hydrogen (secondary N) is 3. The topological polar surface area (TPSA) is 162 Å². The Kier molecular flexibility index (Phi) is 9.60. The molecular weight excluding hydrogens is 524 g/mol. The smallest absolute Gasteiger partial charge is 0.281 e. The molecule has 39 heavy (non-hydrogen) atoms. The maximum absolute atomic E-state index is 13.6.